The van der Waals surface area contributed by atoms with Crippen molar-refractivity contribution >= 4 is 65.0 Å². The van der Waals surface area contributed by atoms with E-state index in [1.807, 2.05) is 42.5 Å². The highest BCUT2D eigenvalue weighted by molar-refractivity contribution is 7.21. The second kappa shape index (κ2) is 10.7. The van der Waals surface area contributed by atoms with E-state index in [9.17, 15) is 0 Å². The zero-order valence-corrected chi connectivity index (χ0v) is 26.3. The van der Waals surface area contributed by atoms with Crippen LogP contribution in [-0.2, 0) is 0 Å². The molecule has 5 nitrogen and oxygen atoms in total. The molecule has 0 N–H and O–H groups in total. The Morgan fingerprint density at radius 1 is 0.438 bits per heavy atom. The van der Waals surface area contributed by atoms with Crippen LogP contribution >= 0.6 is 11.3 Å². The number of benzene rings is 7. The fraction of sp³-hybridized carbons (Fsp3) is 0. The maximum absolute atomic E-state index is 6.47. The van der Waals surface area contributed by atoms with E-state index in [4.69, 9.17) is 24.4 Å². The van der Waals surface area contributed by atoms with Crippen molar-refractivity contribution in [3.63, 3.8) is 0 Å². The van der Waals surface area contributed by atoms with Gasteiger partial charge >= 0.3 is 0 Å². The minimum absolute atomic E-state index is 0.599. The van der Waals surface area contributed by atoms with E-state index in [-0.39, 0.29) is 0 Å². The molecule has 224 valence electrons. The van der Waals surface area contributed by atoms with Crippen molar-refractivity contribution in [1.29, 1.82) is 0 Å². The molecule has 10 rings (SSSR count). The van der Waals surface area contributed by atoms with E-state index in [0.717, 1.165) is 64.8 Å². The first-order valence-corrected chi connectivity index (χ1v) is 16.6. The summed E-state index contributed by atoms with van der Waals surface area (Å²) in [5, 5.41) is 7.70. The van der Waals surface area contributed by atoms with Crippen LogP contribution in [-0.4, -0.2) is 19.9 Å². The molecule has 7 aromatic carbocycles. The SMILES string of the molecule is c1ccc(-c2nc(-c3ccc4ccccc4c3)nc(-c3cccc4oc5cc6nc(-c7ccc8ccccc8c7)sc6cc5c34)n2)cc1. The maximum Gasteiger partial charge on any atom is 0.164 e. The minimum atomic E-state index is 0.599. The fourth-order valence-corrected chi connectivity index (χ4v) is 7.53. The molecule has 0 spiro atoms. The summed E-state index contributed by atoms with van der Waals surface area (Å²) in [5.74, 6) is 1.85. The lowest BCUT2D eigenvalue weighted by Crippen LogP contribution is -2.00. The first kappa shape index (κ1) is 26.9. The molecular formula is C42H24N4OS. The van der Waals surface area contributed by atoms with Crippen molar-refractivity contribution in [3.05, 3.63) is 146 Å². The molecule has 0 radical (unpaired) electrons. The zero-order chi connectivity index (χ0) is 31.6. The molecule has 0 amide bonds. The molecule has 6 heteroatoms. The Balaban J connectivity index is 1.16. The molecule has 0 unspecified atom stereocenters. The van der Waals surface area contributed by atoms with E-state index in [1.165, 1.54) is 16.2 Å². The van der Waals surface area contributed by atoms with Crippen LogP contribution in [0.3, 0.4) is 0 Å². The van der Waals surface area contributed by atoms with Crippen molar-refractivity contribution in [1.82, 2.24) is 19.9 Å². The first-order chi connectivity index (χ1) is 23.7. The molecular weight excluding hydrogens is 609 g/mol. The molecule has 0 atom stereocenters. The lowest BCUT2D eigenvalue weighted by atomic mass is 10.0. The summed E-state index contributed by atoms with van der Waals surface area (Å²) in [7, 11) is 0. The Hall–Kier alpha value is -6.24. The Bertz CT molecular complexity index is 2860. The highest BCUT2D eigenvalue weighted by atomic mass is 32.1. The molecule has 10 aromatic rings. The van der Waals surface area contributed by atoms with Crippen LogP contribution in [0.25, 0.3) is 98.4 Å². The fourth-order valence-electron chi connectivity index (χ4n) is 6.55. The smallest absolute Gasteiger partial charge is 0.164 e. The quantitative estimate of drug-likeness (QED) is 0.193. The van der Waals surface area contributed by atoms with Gasteiger partial charge in [-0.1, -0.05) is 115 Å². The molecule has 0 bridgehead atoms. The van der Waals surface area contributed by atoms with E-state index in [1.54, 1.807) is 11.3 Å². The summed E-state index contributed by atoms with van der Waals surface area (Å²) < 4.78 is 7.56. The van der Waals surface area contributed by atoms with Crippen LogP contribution in [0, 0.1) is 0 Å². The van der Waals surface area contributed by atoms with Gasteiger partial charge in [0.25, 0.3) is 0 Å². The number of furan rings is 1. The number of hydrogen-bond acceptors (Lipinski definition) is 6. The van der Waals surface area contributed by atoms with E-state index in [2.05, 4.69) is 103 Å². The van der Waals surface area contributed by atoms with Gasteiger partial charge in [-0.15, -0.1) is 11.3 Å². The summed E-state index contributed by atoms with van der Waals surface area (Å²) in [6, 6.07) is 50.0. The van der Waals surface area contributed by atoms with Gasteiger partial charge in [-0.2, -0.15) is 0 Å². The highest BCUT2D eigenvalue weighted by Crippen LogP contribution is 2.41. The average Bonchev–Trinajstić information content (AvgIpc) is 3.74. The van der Waals surface area contributed by atoms with Crippen molar-refractivity contribution in [2.24, 2.45) is 0 Å². The van der Waals surface area contributed by atoms with Crippen molar-refractivity contribution in [2.75, 3.05) is 0 Å². The molecule has 0 aliphatic carbocycles. The van der Waals surface area contributed by atoms with Gasteiger partial charge in [-0.05, 0) is 45.8 Å². The Kier molecular flexibility index (Phi) is 5.98. The van der Waals surface area contributed by atoms with Gasteiger partial charge in [0, 0.05) is 39.1 Å². The predicted octanol–water partition coefficient (Wildman–Crippen LogP) is 11.4. The van der Waals surface area contributed by atoms with Gasteiger partial charge in [-0.3, -0.25) is 0 Å². The molecule has 48 heavy (non-hydrogen) atoms. The molecule has 0 saturated carbocycles. The van der Waals surface area contributed by atoms with Gasteiger partial charge in [0.15, 0.2) is 17.5 Å². The molecule has 3 heterocycles. The van der Waals surface area contributed by atoms with Gasteiger partial charge in [-0.25, -0.2) is 19.9 Å². The van der Waals surface area contributed by atoms with Crippen LogP contribution in [0.15, 0.2) is 150 Å². The first-order valence-electron chi connectivity index (χ1n) is 15.8. The number of hydrogen-bond donors (Lipinski definition) is 0. The third-order valence-corrected chi connectivity index (χ3v) is 9.98. The third-order valence-electron chi connectivity index (χ3n) is 8.92. The Labute approximate surface area is 278 Å². The van der Waals surface area contributed by atoms with Crippen LogP contribution in [0.1, 0.15) is 0 Å². The second-order valence-electron chi connectivity index (χ2n) is 11.9. The third kappa shape index (κ3) is 4.46. The standard InChI is InChI=1S/C42H24N4OS/c1-2-11-27(12-3-1)39-44-40(30-19-17-25-9-4-6-13-28(25)21-30)46-41(45-39)32-15-8-16-35-38(32)33-23-37-34(24-36(33)47-35)43-42(48-37)31-20-18-26-10-5-7-14-29(26)22-31/h1-24H. The second-order valence-corrected chi connectivity index (χ2v) is 12.9. The summed E-state index contributed by atoms with van der Waals surface area (Å²) >= 11 is 1.69. The summed E-state index contributed by atoms with van der Waals surface area (Å²) in [5.41, 5.74) is 6.35. The largest absolute Gasteiger partial charge is 0.456 e. The summed E-state index contributed by atoms with van der Waals surface area (Å²) in [6.45, 7) is 0. The van der Waals surface area contributed by atoms with E-state index in [0.29, 0.717) is 17.5 Å². The summed E-state index contributed by atoms with van der Waals surface area (Å²) in [4.78, 5) is 20.2. The number of nitrogens with zero attached hydrogens (tertiary/aromatic N) is 4. The van der Waals surface area contributed by atoms with Crippen molar-refractivity contribution < 1.29 is 4.42 Å². The molecule has 3 aromatic heterocycles. The van der Waals surface area contributed by atoms with Gasteiger partial charge in [0.05, 0.1) is 10.2 Å². The lowest BCUT2D eigenvalue weighted by molar-refractivity contribution is 0.669. The number of rotatable bonds is 4. The monoisotopic (exact) mass is 632 g/mol. The topological polar surface area (TPSA) is 64.7 Å². The lowest BCUT2D eigenvalue weighted by Gasteiger charge is -2.10. The van der Waals surface area contributed by atoms with Crippen LogP contribution < -0.4 is 0 Å². The summed E-state index contributed by atoms with van der Waals surface area (Å²) in [6.07, 6.45) is 0. The number of fused-ring (bicyclic) bond motifs is 6. The molecule has 0 aliphatic rings. The predicted molar refractivity (Wildman–Crippen MR) is 197 cm³/mol. The van der Waals surface area contributed by atoms with E-state index >= 15 is 0 Å². The molecule has 0 aliphatic heterocycles. The minimum Gasteiger partial charge on any atom is -0.456 e. The Morgan fingerprint density at radius 2 is 1.08 bits per heavy atom. The Morgan fingerprint density at radius 3 is 1.85 bits per heavy atom. The van der Waals surface area contributed by atoms with Crippen molar-refractivity contribution in [3.8, 4) is 44.7 Å². The molecule has 0 saturated heterocycles. The number of aromatic nitrogens is 4. The van der Waals surface area contributed by atoms with Gasteiger partial charge in [0.2, 0.25) is 0 Å². The van der Waals surface area contributed by atoms with Crippen LogP contribution in [0.2, 0.25) is 0 Å². The number of thiazole rings is 1. The zero-order valence-electron chi connectivity index (χ0n) is 25.5. The highest BCUT2D eigenvalue weighted by Gasteiger charge is 2.19. The van der Waals surface area contributed by atoms with Crippen LogP contribution in [0.4, 0.5) is 0 Å². The van der Waals surface area contributed by atoms with Crippen molar-refractivity contribution in [2.45, 2.75) is 0 Å². The van der Waals surface area contributed by atoms with Gasteiger partial charge in [0.1, 0.15) is 16.2 Å². The normalized spacial score (nSPS) is 11.8. The van der Waals surface area contributed by atoms with Crippen LogP contribution in [0.5, 0.6) is 0 Å². The maximum atomic E-state index is 6.47. The van der Waals surface area contributed by atoms with E-state index < -0.39 is 0 Å². The van der Waals surface area contributed by atoms with Gasteiger partial charge < -0.3 is 4.42 Å². The molecule has 0 fully saturated rings. The average molecular weight is 633 g/mol.